The number of carbonyl (C=O) groups excluding carboxylic acids is 2. The molecule has 1 N–H and O–H groups in total. The number of esters is 1. The Hall–Kier alpha value is -3.21. The molecule has 1 atom stereocenters. The largest absolute Gasteiger partial charge is 0.456 e. The highest BCUT2D eigenvalue weighted by Gasteiger charge is 2.50. The Bertz CT molecular complexity index is 1100. The molecule has 174 valence electrons. The van der Waals surface area contributed by atoms with Gasteiger partial charge in [-0.1, -0.05) is 0 Å². The molecule has 0 aromatic carbocycles. The fourth-order valence-electron chi connectivity index (χ4n) is 5.35. The predicted octanol–water partition coefficient (Wildman–Crippen LogP) is 1.40. The minimum atomic E-state index is -0.316. The van der Waals surface area contributed by atoms with Crippen LogP contribution in [0.5, 0.6) is 0 Å². The van der Waals surface area contributed by atoms with Crippen LogP contribution in [0.4, 0.5) is 0 Å². The van der Waals surface area contributed by atoms with Gasteiger partial charge in [0.1, 0.15) is 12.9 Å². The van der Waals surface area contributed by atoms with Crippen molar-refractivity contribution in [1.82, 2.24) is 40.6 Å². The summed E-state index contributed by atoms with van der Waals surface area (Å²) >= 11 is 0. The third kappa shape index (κ3) is 3.79. The quantitative estimate of drug-likeness (QED) is 0.670. The number of amides is 1. The Morgan fingerprint density at radius 2 is 1.97 bits per heavy atom. The highest BCUT2D eigenvalue weighted by molar-refractivity contribution is 5.94. The highest BCUT2D eigenvalue weighted by Crippen LogP contribution is 2.46. The second-order valence-electron chi connectivity index (χ2n) is 9.32. The summed E-state index contributed by atoms with van der Waals surface area (Å²) in [6.45, 7) is 6.71. The van der Waals surface area contributed by atoms with Crippen molar-refractivity contribution in [2.45, 2.75) is 65.0 Å². The first-order valence-electron chi connectivity index (χ1n) is 11.4. The van der Waals surface area contributed by atoms with Crippen molar-refractivity contribution < 1.29 is 14.3 Å². The summed E-state index contributed by atoms with van der Waals surface area (Å²) in [6.07, 6.45) is 5.86. The maximum Gasteiger partial charge on any atom is 0.336 e. The topological polar surface area (TPSA) is 128 Å². The zero-order chi connectivity index (χ0) is 23.2. The van der Waals surface area contributed by atoms with E-state index in [2.05, 4.69) is 38.0 Å². The molecule has 1 saturated carbocycles. The summed E-state index contributed by atoms with van der Waals surface area (Å²) in [5, 5.41) is 23.5. The van der Waals surface area contributed by atoms with E-state index < -0.39 is 0 Å². The first-order chi connectivity index (χ1) is 15.9. The summed E-state index contributed by atoms with van der Waals surface area (Å²) in [5.74, 6) is 0.420. The lowest BCUT2D eigenvalue weighted by atomic mass is 9.71. The smallest absolute Gasteiger partial charge is 0.336 e. The van der Waals surface area contributed by atoms with Crippen molar-refractivity contribution >= 4 is 11.9 Å². The van der Waals surface area contributed by atoms with Crippen molar-refractivity contribution in [2.24, 2.45) is 5.41 Å². The van der Waals surface area contributed by atoms with Crippen LogP contribution in [-0.4, -0.2) is 66.4 Å². The number of hydrogen-bond donors (Lipinski definition) is 1. The number of rotatable bonds is 5. The van der Waals surface area contributed by atoms with Gasteiger partial charge in [0.25, 0.3) is 0 Å². The maximum atomic E-state index is 13.3. The molecule has 4 heterocycles. The molecular formula is C22H28N8O3. The molecule has 0 unspecified atom stereocenters. The molecule has 1 saturated heterocycles. The van der Waals surface area contributed by atoms with Crippen molar-refractivity contribution in [3.8, 4) is 5.82 Å². The molecule has 1 amide bonds. The van der Waals surface area contributed by atoms with Crippen LogP contribution in [0.25, 0.3) is 5.82 Å². The van der Waals surface area contributed by atoms with E-state index in [9.17, 15) is 9.59 Å². The van der Waals surface area contributed by atoms with Crippen LogP contribution in [0.15, 0.2) is 23.7 Å². The number of nitrogens with one attached hydrogen (secondary N) is 1. The van der Waals surface area contributed by atoms with Gasteiger partial charge in [-0.25, -0.2) is 4.79 Å². The Kier molecular flexibility index (Phi) is 5.43. The van der Waals surface area contributed by atoms with E-state index in [4.69, 9.17) is 4.74 Å². The summed E-state index contributed by atoms with van der Waals surface area (Å²) in [7, 11) is 0. The van der Waals surface area contributed by atoms with Gasteiger partial charge >= 0.3 is 5.97 Å². The van der Waals surface area contributed by atoms with Crippen molar-refractivity contribution in [2.75, 3.05) is 13.2 Å². The van der Waals surface area contributed by atoms with Crippen LogP contribution in [0.3, 0.4) is 0 Å². The fourth-order valence-corrected chi connectivity index (χ4v) is 5.35. The van der Waals surface area contributed by atoms with Crippen molar-refractivity contribution in [3.63, 3.8) is 0 Å². The van der Waals surface area contributed by atoms with Gasteiger partial charge in [-0.2, -0.15) is 9.78 Å². The zero-order valence-electron chi connectivity index (χ0n) is 19.1. The molecule has 5 rings (SSSR count). The lowest BCUT2D eigenvalue weighted by Crippen LogP contribution is -2.43. The SMILES string of the molecule is CC1=C(N2CC[C@]3(CC[C@@H](N[C@H](C)c4nnc(-n5cnnn5)cc4C)CC3)C2=O)COC1=O. The van der Waals surface area contributed by atoms with Gasteiger partial charge in [0.05, 0.1) is 22.4 Å². The molecule has 11 nitrogen and oxygen atoms in total. The van der Waals surface area contributed by atoms with E-state index in [-0.39, 0.29) is 29.9 Å². The summed E-state index contributed by atoms with van der Waals surface area (Å²) in [5.41, 5.74) is 2.90. The first kappa shape index (κ1) is 21.6. The van der Waals surface area contributed by atoms with Gasteiger partial charge in [-0.15, -0.1) is 10.2 Å². The van der Waals surface area contributed by atoms with Gasteiger partial charge < -0.3 is 15.0 Å². The number of tetrazole rings is 1. The van der Waals surface area contributed by atoms with Gasteiger partial charge in [0.2, 0.25) is 5.91 Å². The monoisotopic (exact) mass is 452 g/mol. The second-order valence-corrected chi connectivity index (χ2v) is 9.32. The lowest BCUT2D eigenvalue weighted by molar-refractivity contribution is -0.138. The number of ether oxygens (including phenoxy) is 1. The van der Waals surface area contributed by atoms with Gasteiger partial charge in [-0.05, 0) is 74.9 Å². The maximum absolute atomic E-state index is 13.3. The van der Waals surface area contributed by atoms with Crippen molar-refractivity contribution in [3.05, 3.63) is 34.9 Å². The third-order valence-corrected chi connectivity index (χ3v) is 7.35. The molecule has 3 aliphatic rings. The lowest BCUT2D eigenvalue weighted by Gasteiger charge is -2.37. The minimum absolute atomic E-state index is 0.0321. The molecule has 0 radical (unpaired) electrons. The van der Waals surface area contributed by atoms with Crippen LogP contribution in [0.2, 0.25) is 0 Å². The van der Waals surface area contributed by atoms with E-state index in [0.717, 1.165) is 49.1 Å². The number of carbonyl (C=O) groups is 2. The fraction of sp³-hybridized carbons (Fsp3) is 0.591. The van der Waals surface area contributed by atoms with E-state index in [1.807, 2.05) is 13.0 Å². The molecule has 11 heteroatoms. The number of cyclic esters (lactones) is 1. The molecule has 2 aromatic rings. The predicted molar refractivity (Wildman–Crippen MR) is 116 cm³/mol. The second kappa shape index (κ2) is 8.29. The number of nitrogens with zero attached hydrogens (tertiary/aromatic N) is 7. The molecule has 2 aromatic heterocycles. The van der Waals surface area contributed by atoms with Gasteiger partial charge in [0, 0.05) is 18.6 Å². The number of likely N-dealkylation sites (tertiary alicyclic amines) is 1. The Balaban J connectivity index is 1.21. The molecule has 2 fully saturated rings. The molecule has 0 bridgehead atoms. The first-order valence-corrected chi connectivity index (χ1v) is 11.4. The third-order valence-electron chi connectivity index (χ3n) is 7.35. The molecule has 1 aliphatic carbocycles. The average molecular weight is 453 g/mol. The standard InChI is InChI=1S/C22H28N8O3/c1-13-10-18(30-12-23-27-28-30)25-26-19(13)15(3)24-16-4-6-22(7-5-16)8-9-29(21(22)32)17-11-33-20(31)14(17)2/h10,12,15-16,24H,4-9,11H2,1-3H3/t15-,16-,22-/m1/s1. The number of aromatic nitrogens is 6. The van der Waals surface area contributed by atoms with Gasteiger partial charge in [0.15, 0.2) is 5.82 Å². The molecule has 33 heavy (non-hydrogen) atoms. The normalized spacial score (nSPS) is 26.4. The highest BCUT2D eigenvalue weighted by atomic mass is 16.5. The molecular weight excluding hydrogens is 424 g/mol. The summed E-state index contributed by atoms with van der Waals surface area (Å²) in [6, 6.07) is 2.27. The zero-order valence-corrected chi connectivity index (χ0v) is 19.1. The minimum Gasteiger partial charge on any atom is -0.456 e. The number of aryl methyl sites for hydroxylation is 1. The summed E-state index contributed by atoms with van der Waals surface area (Å²) < 4.78 is 6.60. The van der Waals surface area contributed by atoms with E-state index >= 15 is 0 Å². The van der Waals surface area contributed by atoms with E-state index in [1.54, 1.807) is 11.8 Å². The van der Waals surface area contributed by atoms with Gasteiger partial charge in [-0.3, -0.25) is 4.79 Å². The van der Waals surface area contributed by atoms with Crippen LogP contribution < -0.4 is 5.32 Å². The number of hydrogen-bond acceptors (Lipinski definition) is 9. The van der Waals surface area contributed by atoms with Crippen LogP contribution >= 0.6 is 0 Å². The Morgan fingerprint density at radius 3 is 2.61 bits per heavy atom. The molecule has 1 spiro atoms. The Morgan fingerprint density at radius 1 is 1.18 bits per heavy atom. The van der Waals surface area contributed by atoms with Crippen LogP contribution in [-0.2, 0) is 14.3 Å². The van der Waals surface area contributed by atoms with Crippen LogP contribution in [0.1, 0.15) is 63.3 Å². The molecule has 2 aliphatic heterocycles. The van der Waals surface area contributed by atoms with Crippen LogP contribution in [0, 0.1) is 12.3 Å². The summed E-state index contributed by atoms with van der Waals surface area (Å²) in [4.78, 5) is 26.8. The average Bonchev–Trinajstić information content (AvgIpc) is 3.53. The van der Waals surface area contributed by atoms with E-state index in [1.165, 1.54) is 11.0 Å². The van der Waals surface area contributed by atoms with E-state index in [0.29, 0.717) is 24.0 Å². The van der Waals surface area contributed by atoms with Crippen molar-refractivity contribution in [1.29, 1.82) is 0 Å². The Labute approximate surface area is 191 Å².